The number of fused-ring (bicyclic) bond motifs is 1. The van der Waals surface area contributed by atoms with E-state index in [-0.39, 0.29) is 11.3 Å². The smallest absolute Gasteiger partial charge is 0.167 e. The van der Waals surface area contributed by atoms with E-state index in [1.54, 1.807) is 0 Å². The van der Waals surface area contributed by atoms with Gasteiger partial charge in [-0.3, -0.25) is 4.57 Å². The minimum atomic E-state index is -1.19. The molecule has 0 aromatic carbocycles. The molecule has 0 amide bonds. The molecule has 1 fully saturated rings. The number of hydrogen-bond donors (Lipinski definition) is 4. The highest BCUT2D eigenvalue weighted by atomic mass is 16.6. The highest BCUT2D eigenvalue weighted by Crippen LogP contribution is 2.31. The Morgan fingerprint density at radius 3 is 2.65 bits per heavy atom. The number of imidazole rings is 1. The van der Waals surface area contributed by atoms with E-state index in [4.69, 9.17) is 15.6 Å². The molecular formula is C10H15N5O5. The van der Waals surface area contributed by atoms with Crippen molar-refractivity contribution in [3.05, 3.63) is 12.7 Å². The van der Waals surface area contributed by atoms with Crippen molar-refractivity contribution in [2.45, 2.75) is 24.5 Å². The maximum absolute atomic E-state index is 9.95. The zero-order valence-corrected chi connectivity index (χ0v) is 10.3. The van der Waals surface area contributed by atoms with Gasteiger partial charge in [0.05, 0.1) is 12.9 Å². The largest absolute Gasteiger partial charge is 0.412 e. The molecule has 110 valence electrons. The molecule has 2 aromatic rings. The van der Waals surface area contributed by atoms with Crippen molar-refractivity contribution in [2.75, 3.05) is 12.3 Å². The van der Waals surface area contributed by atoms with Crippen LogP contribution in [-0.4, -0.2) is 65.2 Å². The Morgan fingerprint density at radius 2 is 2.00 bits per heavy atom. The topological polar surface area (TPSA) is 171 Å². The molecular weight excluding hydrogens is 270 g/mol. The lowest BCUT2D eigenvalue weighted by Crippen LogP contribution is -2.33. The van der Waals surface area contributed by atoms with Gasteiger partial charge in [0, 0.05) is 0 Å². The summed E-state index contributed by atoms with van der Waals surface area (Å²) in [5.41, 5.74) is 6.44. The molecule has 0 saturated carbocycles. The predicted octanol–water partition coefficient (Wildman–Crippen LogP) is -2.80. The van der Waals surface area contributed by atoms with Crippen molar-refractivity contribution in [1.82, 2.24) is 19.5 Å². The molecule has 0 radical (unpaired) electrons. The Kier molecular flexibility index (Phi) is 3.83. The molecule has 0 unspecified atom stereocenters. The van der Waals surface area contributed by atoms with E-state index in [1.165, 1.54) is 17.2 Å². The lowest BCUT2D eigenvalue weighted by atomic mass is 10.1. The van der Waals surface area contributed by atoms with Gasteiger partial charge in [0.15, 0.2) is 17.7 Å². The van der Waals surface area contributed by atoms with E-state index in [2.05, 4.69) is 15.0 Å². The van der Waals surface area contributed by atoms with Crippen molar-refractivity contribution in [3.8, 4) is 0 Å². The van der Waals surface area contributed by atoms with Crippen LogP contribution < -0.4 is 5.73 Å². The monoisotopic (exact) mass is 285 g/mol. The van der Waals surface area contributed by atoms with E-state index in [9.17, 15) is 10.2 Å². The first kappa shape index (κ1) is 14.6. The van der Waals surface area contributed by atoms with Gasteiger partial charge in [-0.25, -0.2) is 15.0 Å². The van der Waals surface area contributed by atoms with E-state index in [1.807, 2.05) is 0 Å². The number of nitrogen functional groups attached to an aromatic ring is 1. The van der Waals surface area contributed by atoms with Crippen molar-refractivity contribution >= 4 is 17.0 Å². The van der Waals surface area contributed by atoms with Crippen molar-refractivity contribution in [2.24, 2.45) is 0 Å². The van der Waals surface area contributed by atoms with Crippen LogP contribution in [0, 0.1) is 0 Å². The van der Waals surface area contributed by atoms with Crippen LogP contribution in [0.15, 0.2) is 12.7 Å². The molecule has 20 heavy (non-hydrogen) atoms. The second kappa shape index (κ2) is 5.26. The number of aliphatic hydroxyl groups excluding tert-OH is 3. The van der Waals surface area contributed by atoms with Crippen molar-refractivity contribution in [1.29, 1.82) is 0 Å². The van der Waals surface area contributed by atoms with E-state index in [0.717, 1.165) is 0 Å². The fourth-order valence-corrected chi connectivity index (χ4v) is 2.17. The standard InChI is InChI=1S/C10H13N5O4.H2O/c11-8-5-9(13-2-12-8)15(3-14-5)10-7(18)6(17)4(1-16)19-10;/h2-4,6-7,10,16-18H,1H2,(H2,11,12,13);1H2/t4-,6-,7-,10-;/m1./s1. The quantitative estimate of drug-likeness (QED) is 0.458. The molecule has 10 heteroatoms. The van der Waals surface area contributed by atoms with Gasteiger partial charge in [0.2, 0.25) is 0 Å². The summed E-state index contributed by atoms with van der Waals surface area (Å²) in [5.74, 6) is 0.218. The molecule has 3 rings (SSSR count). The van der Waals surface area contributed by atoms with Crippen LogP contribution in [0.4, 0.5) is 5.82 Å². The van der Waals surface area contributed by atoms with Crippen LogP contribution >= 0.6 is 0 Å². The van der Waals surface area contributed by atoms with Crippen LogP contribution in [0.2, 0.25) is 0 Å². The Bertz CT molecular complexity index is 605. The zero-order valence-electron chi connectivity index (χ0n) is 10.3. The predicted molar refractivity (Wildman–Crippen MR) is 66.4 cm³/mol. The highest BCUT2D eigenvalue weighted by molar-refractivity contribution is 5.81. The normalized spacial score (nSPS) is 29.6. The zero-order chi connectivity index (χ0) is 13.6. The average Bonchev–Trinajstić information content (AvgIpc) is 2.94. The minimum absolute atomic E-state index is 0. The fourth-order valence-electron chi connectivity index (χ4n) is 2.17. The van der Waals surface area contributed by atoms with Gasteiger partial charge in [0.25, 0.3) is 0 Å². The van der Waals surface area contributed by atoms with Gasteiger partial charge >= 0.3 is 0 Å². The molecule has 1 aliphatic heterocycles. The van der Waals surface area contributed by atoms with Crippen molar-refractivity contribution < 1.29 is 25.5 Å². The third-order valence-corrected chi connectivity index (χ3v) is 3.18. The average molecular weight is 285 g/mol. The Labute approximate surface area is 112 Å². The van der Waals surface area contributed by atoms with Gasteiger partial charge in [0.1, 0.15) is 30.2 Å². The van der Waals surface area contributed by atoms with Gasteiger partial charge in [-0.05, 0) is 0 Å². The molecule has 3 heterocycles. The Morgan fingerprint density at radius 1 is 1.25 bits per heavy atom. The first-order chi connectivity index (χ1) is 9.13. The summed E-state index contributed by atoms with van der Waals surface area (Å²) in [6.07, 6.45) is -1.42. The summed E-state index contributed by atoms with van der Waals surface area (Å²) in [5, 5.41) is 28.7. The second-order valence-electron chi connectivity index (χ2n) is 4.31. The maximum atomic E-state index is 9.95. The Hall–Kier alpha value is -1.85. The summed E-state index contributed by atoms with van der Waals surface area (Å²) in [6.45, 7) is -0.390. The van der Waals surface area contributed by atoms with Crippen LogP contribution in [0.25, 0.3) is 11.2 Å². The van der Waals surface area contributed by atoms with E-state index in [0.29, 0.717) is 11.2 Å². The summed E-state index contributed by atoms with van der Waals surface area (Å²) in [6, 6.07) is 0. The maximum Gasteiger partial charge on any atom is 0.167 e. The van der Waals surface area contributed by atoms with Crippen LogP contribution in [0.1, 0.15) is 6.23 Å². The summed E-state index contributed by atoms with van der Waals surface area (Å²) in [7, 11) is 0. The highest BCUT2D eigenvalue weighted by Gasteiger charge is 2.43. The SMILES string of the molecule is Nc1ncnc2c1ncn2[C@@H]1O[C@H](CO)[C@@H](O)[C@H]1O.O. The molecule has 1 saturated heterocycles. The molecule has 0 spiro atoms. The molecule has 1 aliphatic rings. The number of anilines is 1. The number of aromatic nitrogens is 4. The third-order valence-electron chi connectivity index (χ3n) is 3.18. The van der Waals surface area contributed by atoms with Crippen molar-refractivity contribution in [3.63, 3.8) is 0 Å². The van der Waals surface area contributed by atoms with Crippen LogP contribution in [-0.2, 0) is 4.74 Å². The molecule has 7 N–H and O–H groups in total. The van der Waals surface area contributed by atoms with Gasteiger partial charge in [-0.1, -0.05) is 0 Å². The summed E-state index contributed by atoms with van der Waals surface area (Å²) >= 11 is 0. The van der Waals surface area contributed by atoms with E-state index >= 15 is 0 Å². The van der Waals surface area contributed by atoms with Crippen LogP contribution in [0.5, 0.6) is 0 Å². The third kappa shape index (κ3) is 1.99. The first-order valence-electron chi connectivity index (χ1n) is 5.69. The van der Waals surface area contributed by atoms with E-state index < -0.39 is 31.1 Å². The molecule has 0 aliphatic carbocycles. The summed E-state index contributed by atoms with van der Waals surface area (Å²) in [4.78, 5) is 11.9. The van der Waals surface area contributed by atoms with Gasteiger partial charge in [-0.15, -0.1) is 0 Å². The number of nitrogens with two attached hydrogens (primary N) is 1. The lowest BCUT2D eigenvalue weighted by Gasteiger charge is -2.16. The molecule has 2 aromatic heterocycles. The van der Waals surface area contributed by atoms with Gasteiger partial charge in [-0.2, -0.15) is 0 Å². The number of aliphatic hydroxyl groups is 3. The summed E-state index contributed by atoms with van der Waals surface area (Å²) < 4.78 is 6.85. The van der Waals surface area contributed by atoms with Crippen LogP contribution in [0.3, 0.4) is 0 Å². The Balaban J connectivity index is 0.00000147. The second-order valence-corrected chi connectivity index (χ2v) is 4.31. The number of rotatable bonds is 2. The number of nitrogens with zero attached hydrogens (tertiary/aromatic N) is 4. The van der Waals surface area contributed by atoms with Gasteiger partial charge < -0.3 is 31.3 Å². The minimum Gasteiger partial charge on any atom is -0.412 e. The fraction of sp³-hybridized carbons (Fsp3) is 0.500. The molecule has 0 bridgehead atoms. The number of hydrogen-bond acceptors (Lipinski definition) is 8. The first-order valence-corrected chi connectivity index (χ1v) is 5.69. The number of ether oxygens (including phenoxy) is 1. The molecule has 10 nitrogen and oxygen atoms in total. The lowest BCUT2D eigenvalue weighted by molar-refractivity contribution is -0.0511. The molecule has 4 atom stereocenters.